The van der Waals surface area contributed by atoms with Gasteiger partial charge in [-0.05, 0) is 68.4 Å². The molecule has 5 atom stereocenters. The first-order valence-electron chi connectivity index (χ1n) is 14.4. The van der Waals surface area contributed by atoms with Gasteiger partial charge >= 0.3 is 6.09 Å². The number of aryl methyl sites for hydroxylation is 1. The number of nitrogens with one attached hydrogen (secondary N) is 2. The van der Waals surface area contributed by atoms with E-state index in [9.17, 15) is 23.8 Å². The Morgan fingerprint density at radius 2 is 1.88 bits per heavy atom. The number of ether oxygens (including phenoxy) is 1. The average molecular weight is 574 g/mol. The minimum Gasteiger partial charge on any atom is -0.446 e. The highest BCUT2D eigenvalue weighted by Crippen LogP contribution is 2.71. The number of nitrogens with zero attached hydrogens (tertiary/aromatic N) is 1. The van der Waals surface area contributed by atoms with Crippen LogP contribution in [-0.4, -0.2) is 57.7 Å². The van der Waals surface area contributed by atoms with Gasteiger partial charge in [0.2, 0.25) is 19.2 Å². The van der Waals surface area contributed by atoms with Crippen LogP contribution in [0.3, 0.4) is 0 Å². The van der Waals surface area contributed by atoms with Gasteiger partial charge in [-0.3, -0.25) is 14.2 Å². The highest BCUT2D eigenvalue weighted by atomic mass is 31.2. The number of benzene rings is 1. The number of hydrogen-bond donors (Lipinski definition) is 3. The summed E-state index contributed by atoms with van der Waals surface area (Å²) in [5, 5.41) is 4.38. The van der Waals surface area contributed by atoms with Crippen LogP contribution in [-0.2, 0) is 25.1 Å². The summed E-state index contributed by atoms with van der Waals surface area (Å²) in [6.45, 7) is 11.7. The summed E-state index contributed by atoms with van der Waals surface area (Å²) in [5.74, 6) is -1.14. The Kier molecular flexibility index (Phi) is 8.86. The van der Waals surface area contributed by atoms with Gasteiger partial charge in [-0.1, -0.05) is 51.1 Å². The number of likely N-dealkylation sites (tertiary alicyclic amines) is 1. The maximum Gasteiger partial charge on any atom is 0.408 e. The molecule has 0 bridgehead atoms. The molecule has 0 spiro atoms. The van der Waals surface area contributed by atoms with Crippen molar-refractivity contribution in [3.8, 4) is 0 Å². The summed E-state index contributed by atoms with van der Waals surface area (Å²) in [6, 6.07) is 5.73. The zero-order chi connectivity index (χ0) is 29.3. The standard InChI is InChI=1S/C30H44N3O6P/c1-6-22-18-30(22,40(37,38)19-21-13-8-7-12-20(21)2)32-26(34)24-16-11-17-33(24)27(35)25(29(3,4)5)31-28(36)39-23-14-9-10-15-23/h6-8,12-13,22-25H,1,9-11,14-19H2,2-5H3,(H,31,36)(H,32,34)(H,37,38)/t22-,24+,25-,30+/m1/s1. The van der Waals surface area contributed by atoms with Gasteiger partial charge in [0, 0.05) is 12.5 Å². The molecule has 1 saturated heterocycles. The summed E-state index contributed by atoms with van der Waals surface area (Å²) < 4.78 is 19.4. The van der Waals surface area contributed by atoms with Gasteiger partial charge in [-0.2, -0.15) is 0 Å². The van der Waals surface area contributed by atoms with E-state index in [2.05, 4.69) is 17.2 Å². The molecule has 40 heavy (non-hydrogen) atoms. The van der Waals surface area contributed by atoms with Gasteiger partial charge in [0.1, 0.15) is 23.5 Å². The lowest BCUT2D eigenvalue weighted by Crippen LogP contribution is -2.58. The van der Waals surface area contributed by atoms with E-state index in [0.717, 1.165) is 36.8 Å². The van der Waals surface area contributed by atoms with E-state index in [0.29, 0.717) is 25.8 Å². The van der Waals surface area contributed by atoms with Crippen molar-refractivity contribution in [3.63, 3.8) is 0 Å². The molecular weight excluding hydrogens is 529 g/mol. The lowest BCUT2D eigenvalue weighted by atomic mass is 9.85. The highest BCUT2D eigenvalue weighted by molar-refractivity contribution is 7.59. The fourth-order valence-corrected chi connectivity index (χ4v) is 8.56. The van der Waals surface area contributed by atoms with E-state index in [-0.39, 0.29) is 24.1 Å². The van der Waals surface area contributed by atoms with E-state index >= 15 is 0 Å². The third-order valence-corrected chi connectivity index (χ3v) is 11.3. The van der Waals surface area contributed by atoms with Crippen LogP contribution >= 0.6 is 7.37 Å². The molecule has 3 fully saturated rings. The molecule has 1 aromatic carbocycles. The lowest BCUT2D eigenvalue weighted by Gasteiger charge is -2.36. The maximum atomic E-state index is 13.8. The summed E-state index contributed by atoms with van der Waals surface area (Å²) in [5.41, 5.74) is 1.04. The molecule has 1 unspecified atom stereocenters. The summed E-state index contributed by atoms with van der Waals surface area (Å²) in [7, 11) is -3.90. The van der Waals surface area contributed by atoms with Crippen LogP contribution in [0.5, 0.6) is 0 Å². The van der Waals surface area contributed by atoms with E-state index < -0.39 is 42.1 Å². The minimum absolute atomic E-state index is 0.0588. The number of amides is 3. The van der Waals surface area contributed by atoms with E-state index in [4.69, 9.17) is 4.74 Å². The zero-order valence-electron chi connectivity index (χ0n) is 24.2. The largest absolute Gasteiger partial charge is 0.446 e. The minimum atomic E-state index is -3.90. The Labute approximate surface area is 237 Å². The topological polar surface area (TPSA) is 125 Å². The fourth-order valence-electron chi connectivity index (χ4n) is 6.07. The Morgan fingerprint density at radius 1 is 1.20 bits per heavy atom. The van der Waals surface area contributed by atoms with Crippen molar-refractivity contribution >= 4 is 25.3 Å². The Bertz CT molecular complexity index is 1190. The van der Waals surface area contributed by atoms with Crippen LogP contribution in [0.1, 0.15) is 76.8 Å². The molecule has 3 amide bonds. The van der Waals surface area contributed by atoms with Gasteiger partial charge in [-0.25, -0.2) is 4.79 Å². The lowest BCUT2D eigenvalue weighted by molar-refractivity contribution is -0.142. The van der Waals surface area contributed by atoms with E-state index in [1.165, 1.54) is 4.90 Å². The predicted molar refractivity (Wildman–Crippen MR) is 154 cm³/mol. The number of rotatable bonds is 9. The van der Waals surface area contributed by atoms with Gasteiger partial charge in [0.25, 0.3) is 0 Å². The van der Waals surface area contributed by atoms with E-state index in [1.54, 1.807) is 6.08 Å². The monoisotopic (exact) mass is 573 g/mol. The van der Waals surface area contributed by atoms with Crippen molar-refractivity contribution in [2.75, 3.05) is 6.54 Å². The van der Waals surface area contributed by atoms with Crippen LogP contribution in [0.25, 0.3) is 0 Å². The van der Waals surface area contributed by atoms with Crippen molar-refractivity contribution in [1.82, 2.24) is 15.5 Å². The summed E-state index contributed by atoms with van der Waals surface area (Å²) >= 11 is 0. The molecule has 2 saturated carbocycles. The summed E-state index contributed by atoms with van der Waals surface area (Å²) in [6.07, 6.45) is 5.85. The predicted octanol–water partition coefficient (Wildman–Crippen LogP) is 4.86. The second-order valence-electron chi connectivity index (χ2n) is 12.7. The Morgan fingerprint density at radius 3 is 2.48 bits per heavy atom. The first kappa shape index (κ1) is 30.3. The quantitative estimate of drug-likeness (QED) is 0.286. The van der Waals surface area contributed by atoms with Crippen molar-refractivity contribution in [3.05, 3.63) is 48.0 Å². The molecule has 220 valence electrons. The molecule has 10 heteroatoms. The van der Waals surface area contributed by atoms with Crippen molar-refractivity contribution in [2.24, 2.45) is 11.3 Å². The molecule has 9 nitrogen and oxygen atoms in total. The average Bonchev–Trinajstić information content (AvgIpc) is 3.21. The van der Waals surface area contributed by atoms with Crippen molar-refractivity contribution < 1.29 is 28.6 Å². The number of carbonyl (C=O) groups excluding carboxylic acids is 3. The molecule has 4 rings (SSSR count). The number of alkyl carbamates (subject to hydrolysis) is 1. The van der Waals surface area contributed by atoms with Gasteiger partial charge < -0.3 is 25.2 Å². The third kappa shape index (κ3) is 6.31. The number of carbonyl (C=O) groups is 3. The first-order chi connectivity index (χ1) is 18.8. The fraction of sp³-hybridized carbons (Fsp3) is 0.633. The molecule has 2 aliphatic carbocycles. The summed E-state index contributed by atoms with van der Waals surface area (Å²) in [4.78, 5) is 53.0. The van der Waals surface area contributed by atoms with Crippen LogP contribution in [0, 0.1) is 18.3 Å². The second-order valence-corrected chi connectivity index (χ2v) is 15.2. The molecular formula is C30H44N3O6P. The highest BCUT2D eigenvalue weighted by Gasteiger charge is 2.65. The smallest absolute Gasteiger partial charge is 0.408 e. The molecule has 1 aromatic rings. The van der Waals surface area contributed by atoms with Crippen molar-refractivity contribution in [2.45, 2.75) is 102 Å². The third-order valence-electron chi connectivity index (χ3n) is 8.67. The SMILES string of the molecule is C=C[C@@H]1C[C@]1(NC(=O)[C@@H]1CCCN1C(=O)[C@@H](NC(=O)OC1CCCC1)C(C)(C)C)P(=O)(O)Cc1ccccc1C. The van der Waals surface area contributed by atoms with Crippen LogP contribution in [0.4, 0.5) is 4.79 Å². The van der Waals surface area contributed by atoms with Crippen LogP contribution < -0.4 is 10.6 Å². The maximum absolute atomic E-state index is 13.8. The molecule has 3 aliphatic rings. The molecule has 0 radical (unpaired) electrons. The molecule has 3 N–H and O–H groups in total. The second kappa shape index (κ2) is 11.7. The van der Waals surface area contributed by atoms with Gasteiger partial charge in [-0.15, -0.1) is 6.58 Å². The van der Waals surface area contributed by atoms with Gasteiger partial charge in [0.15, 0.2) is 0 Å². The van der Waals surface area contributed by atoms with Crippen LogP contribution in [0.2, 0.25) is 0 Å². The zero-order valence-corrected chi connectivity index (χ0v) is 25.0. The normalized spacial score (nSPS) is 27.0. The van der Waals surface area contributed by atoms with E-state index in [1.807, 2.05) is 52.0 Å². The Hall–Kier alpha value is -2.64. The van der Waals surface area contributed by atoms with Crippen LogP contribution in [0.15, 0.2) is 36.9 Å². The van der Waals surface area contributed by atoms with Crippen molar-refractivity contribution in [1.29, 1.82) is 0 Å². The molecule has 1 aliphatic heterocycles. The number of hydrogen-bond acceptors (Lipinski definition) is 5. The Balaban J connectivity index is 1.49. The first-order valence-corrected chi connectivity index (χ1v) is 16.2. The molecule has 0 aromatic heterocycles. The molecule has 1 heterocycles. The van der Waals surface area contributed by atoms with Gasteiger partial charge in [0.05, 0.1) is 6.16 Å².